The third-order valence-corrected chi connectivity index (χ3v) is 5.32. The first-order valence-electron chi connectivity index (χ1n) is 10.3. The number of nitrogens with zero attached hydrogens (tertiary/aromatic N) is 2. The Morgan fingerprint density at radius 2 is 1.56 bits per heavy atom. The van der Waals surface area contributed by atoms with Gasteiger partial charge in [0, 0.05) is 41.8 Å². The van der Waals surface area contributed by atoms with Crippen molar-refractivity contribution in [2.45, 2.75) is 13.0 Å². The smallest absolute Gasteiger partial charge is 0.270 e. The molecule has 0 saturated heterocycles. The van der Waals surface area contributed by atoms with Crippen LogP contribution in [0.25, 0.3) is 22.0 Å². The maximum Gasteiger partial charge on any atom is 0.270 e. The number of benzene rings is 3. The molecule has 0 fully saturated rings. The number of nitro benzene ring substituents is 1. The fourth-order valence-electron chi connectivity index (χ4n) is 3.64. The van der Waals surface area contributed by atoms with Gasteiger partial charge in [-0.3, -0.25) is 10.1 Å². The van der Waals surface area contributed by atoms with Crippen LogP contribution >= 0.6 is 0 Å². The summed E-state index contributed by atoms with van der Waals surface area (Å²) in [7, 11) is 3.27. The second-order valence-corrected chi connectivity index (χ2v) is 7.34. The minimum atomic E-state index is -0.374. The van der Waals surface area contributed by atoms with Crippen LogP contribution < -0.4 is 14.2 Å². The summed E-state index contributed by atoms with van der Waals surface area (Å²) in [5.74, 6) is 2.29. The van der Waals surface area contributed by atoms with Crippen molar-refractivity contribution in [3.8, 4) is 28.4 Å². The number of fused-ring (bicyclic) bond motifs is 1. The molecule has 1 heterocycles. The quantitative estimate of drug-likeness (QED) is 0.193. The van der Waals surface area contributed by atoms with Gasteiger partial charge in [0.1, 0.15) is 17.2 Å². The Balaban J connectivity index is 1.34. The van der Waals surface area contributed by atoms with Crippen molar-refractivity contribution < 1.29 is 19.1 Å². The Morgan fingerprint density at radius 1 is 0.844 bits per heavy atom. The average Bonchev–Trinajstić information content (AvgIpc) is 3.24. The summed E-state index contributed by atoms with van der Waals surface area (Å²) >= 11 is 0. The van der Waals surface area contributed by atoms with Gasteiger partial charge in [0.25, 0.3) is 5.69 Å². The number of methoxy groups -OCH3 is 2. The summed E-state index contributed by atoms with van der Waals surface area (Å²) in [6, 6.07) is 20.5. The molecular weight excluding hydrogens is 408 g/mol. The van der Waals surface area contributed by atoms with Gasteiger partial charge in [0.05, 0.1) is 25.7 Å². The van der Waals surface area contributed by atoms with Gasteiger partial charge in [-0.25, -0.2) is 0 Å². The van der Waals surface area contributed by atoms with Crippen molar-refractivity contribution in [2.24, 2.45) is 0 Å². The van der Waals surface area contributed by atoms with Gasteiger partial charge in [-0.1, -0.05) is 12.1 Å². The van der Waals surface area contributed by atoms with E-state index in [9.17, 15) is 10.1 Å². The average molecular weight is 432 g/mol. The molecule has 32 heavy (non-hydrogen) atoms. The summed E-state index contributed by atoms with van der Waals surface area (Å²) < 4.78 is 18.7. The van der Waals surface area contributed by atoms with Crippen molar-refractivity contribution >= 4 is 16.6 Å². The first-order valence-corrected chi connectivity index (χ1v) is 10.3. The highest BCUT2D eigenvalue weighted by molar-refractivity contribution is 5.82. The van der Waals surface area contributed by atoms with Crippen molar-refractivity contribution in [1.29, 1.82) is 0 Å². The number of non-ortho nitro benzene ring substituents is 1. The normalized spacial score (nSPS) is 10.8. The molecule has 164 valence electrons. The number of ether oxygens (including phenoxy) is 3. The molecule has 0 aliphatic carbocycles. The molecule has 0 aliphatic rings. The molecular formula is C25H24N2O5. The summed E-state index contributed by atoms with van der Waals surface area (Å²) in [5.41, 5.74) is 3.14. The lowest BCUT2D eigenvalue weighted by Gasteiger charge is -2.10. The maximum atomic E-state index is 10.9. The zero-order valence-corrected chi connectivity index (χ0v) is 18.0. The van der Waals surface area contributed by atoms with Crippen LogP contribution in [0.1, 0.15) is 6.42 Å². The molecule has 0 saturated carbocycles. The molecule has 1 aromatic heterocycles. The lowest BCUT2D eigenvalue weighted by atomic mass is 10.0. The van der Waals surface area contributed by atoms with E-state index in [2.05, 4.69) is 4.57 Å². The zero-order chi connectivity index (χ0) is 22.5. The summed E-state index contributed by atoms with van der Waals surface area (Å²) in [6.45, 7) is 1.34. The first kappa shape index (κ1) is 21.2. The Labute approximate surface area is 185 Å². The number of hydrogen-bond acceptors (Lipinski definition) is 5. The second kappa shape index (κ2) is 9.43. The fourth-order valence-corrected chi connectivity index (χ4v) is 3.64. The van der Waals surface area contributed by atoms with Crippen LogP contribution in [0.15, 0.2) is 72.9 Å². The summed E-state index contributed by atoms with van der Waals surface area (Å²) in [5, 5.41) is 11.8. The number of aromatic nitrogens is 1. The molecule has 3 aromatic carbocycles. The molecule has 4 aromatic rings. The Bertz CT molecular complexity index is 1210. The Kier molecular flexibility index (Phi) is 6.26. The van der Waals surface area contributed by atoms with E-state index in [1.165, 1.54) is 6.07 Å². The molecule has 4 rings (SSSR count). The molecule has 0 spiro atoms. The number of hydrogen-bond donors (Lipinski definition) is 0. The molecule has 0 amide bonds. The Morgan fingerprint density at radius 3 is 2.22 bits per heavy atom. The van der Waals surface area contributed by atoms with Crippen LogP contribution in [0.2, 0.25) is 0 Å². The molecule has 0 unspecified atom stereocenters. The standard InChI is InChI=1S/C25H24N2O5/c1-30-23-15-20(16-24(17-23)31-2)18-4-7-22(8-5-18)32-13-3-11-26-12-10-19-14-21(27(28)29)6-9-25(19)26/h4-10,12,14-17H,3,11,13H2,1-2H3. The van der Waals surface area contributed by atoms with Crippen molar-refractivity contribution in [1.82, 2.24) is 4.57 Å². The van der Waals surface area contributed by atoms with Crippen LogP contribution in [-0.2, 0) is 6.54 Å². The van der Waals surface area contributed by atoms with E-state index < -0.39 is 0 Å². The lowest BCUT2D eigenvalue weighted by Crippen LogP contribution is -2.03. The van der Waals surface area contributed by atoms with Crippen molar-refractivity contribution in [3.05, 3.63) is 83.0 Å². The van der Waals surface area contributed by atoms with Gasteiger partial charge in [0.15, 0.2) is 0 Å². The van der Waals surface area contributed by atoms with E-state index in [1.54, 1.807) is 26.4 Å². The van der Waals surface area contributed by atoms with E-state index in [0.717, 1.165) is 52.2 Å². The van der Waals surface area contributed by atoms with E-state index in [0.29, 0.717) is 6.61 Å². The van der Waals surface area contributed by atoms with Gasteiger partial charge in [-0.15, -0.1) is 0 Å². The fraction of sp³-hybridized carbons (Fsp3) is 0.200. The molecule has 7 heteroatoms. The first-order chi connectivity index (χ1) is 15.6. The van der Waals surface area contributed by atoms with Crippen molar-refractivity contribution in [2.75, 3.05) is 20.8 Å². The SMILES string of the molecule is COc1cc(OC)cc(-c2ccc(OCCCn3ccc4cc([N+](=O)[O-])ccc43)cc2)c1. The molecule has 0 atom stereocenters. The van der Waals surface area contributed by atoms with Gasteiger partial charge < -0.3 is 18.8 Å². The van der Waals surface area contributed by atoms with Crippen LogP contribution in [0.5, 0.6) is 17.2 Å². The van der Waals surface area contributed by atoms with Crippen LogP contribution in [0, 0.1) is 10.1 Å². The minimum absolute atomic E-state index is 0.106. The van der Waals surface area contributed by atoms with Crippen LogP contribution in [0.3, 0.4) is 0 Å². The summed E-state index contributed by atoms with van der Waals surface area (Å²) in [6.07, 6.45) is 2.77. The van der Waals surface area contributed by atoms with Gasteiger partial charge in [0.2, 0.25) is 0 Å². The molecule has 0 aliphatic heterocycles. The highest BCUT2D eigenvalue weighted by atomic mass is 16.6. The zero-order valence-electron chi connectivity index (χ0n) is 18.0. The summed E-state index contributed by atoms with van der Waals surface area (Å²) in [4.78, 5) is 10.6. The molecule has 7 nitrogen and oxygen atoms in total. The van der Waals surface area contributed by atoms with Gasteiger partial charge in [-0.2, -0.15) is 0 Å². The highest BCUT2D eigenvalue weighted by Gasteiger charge is 2.09. The lowest BCUT2D eigenvalue weighted by molar-refractivity contribution is -0.384. The van der Waals surface area contributed by atoms with E-state index in [1.807, 2.05) is 54.7 Å². The maximum absolute atomic E-state index is 10.9. The van der Waals surface area contributed by atoms with E-state index >= 15 is 0 Å². The second-order valence-electron chi connectivity index (χ2n) is 7.34. The molecule has 0 N–H and O–H groups in total. The topological polar surface area (TPSA) is 75.8 Å². The van der Waals surface area contributed by atoms with Gasteiger partial charge in [-0.05, 0) is 53.9 Å². The number of aryl methyl sites for hydroxylation is 1. The molecule has 0 bridgehead atoms. The monoisotopic (exact) mass is 432 g/mol. The number of nitro groups is 1. The third-order valence-electron chi connectivity index (χ3n) is 5.32. The predicted molar refractivity (Wildman–Crippen MR) is 124 cm³/mol. The molecule has 0 radical (unpaired) electrons. The van der Waals surface area contributed by atoms with Crippen LogP contribution in [0.4, 0.5) is 5.69 Å². The third kappa shape index (κ3) is 4.67. The Hall–Kier alpha value is -4.00. The van der Waals surface area contributed by atoms with Crippen LogP contribution in [-0.4, -0.2) is 30.3 Å². The predicted octanol–water partition coefficient (Wildman–Crippen LogP) is 5.70. The van der Waals surface area contributed by atoms with E-state index in [4.69, 9.17) is 14.2 Å². The van der Waals surface area contributed by atoms with Gasteiger partial charge >= 0.3 is 0 Å². The minimum Gasteiger partial charge on any atom is -0.497 e. The van der Waals surface area contributed by atoms with Crippen molar-refractivity contribution in [3.63, 3.8) is 0 Å². The number of rotatable bonds is 9. The van der Waals surface area contributed by atoms with E-state index in [-0.39, 0.29) is 10.6 Å². The largest absolute Gasteiger partial charge is 0.497 e. The highest BCUT2D eigenvalue weighted by Crippen LogP contribution is 2.30.